The lowest BCUT2D eigenvalue weighted by molar-refractivity contribution is 0.379. The molecule has 0 amide bonds. The highest BCUT2D eigenvalue weighted by atomic mass is 16.5. The highest BCUT2D eigenvalue weighted by Crippen LogP contribution is 2.36. The largest absolute Gasteiger partial charge is 0.467 e. The normalized spacial score (nSPS) is 15.9. The van der Waals surface area contributed by atoms with E-state index in [0.29, 0.717) is 23.8 Å². The highest BCUT2D eigenvalue weighted by molar-refractivity contribution is 5.35. The summed E-state index contributed by atoms with van der Waals surface area (Å²) in [6, 6.07) is 0.343. The van der Waals surface area contributed by atoms with Crippen molar-refractivity contribution in [2.24, 2.45) is 11.8 Å². The average molecular weight is 265 g/mol. The third-order valence-corrected chi connectivity index (χ3v) is 3.34. The molecule has 0 aromatic carbocycles. The van der Waals surface area contributed by atoms with Crippen molar-refractivity contribution < 1.29 is 4.74 Å². The molecule has 1 aromatic rings. The zero-order valence-corrected chi connectivity index (χ0v) is 11.9. The van der Waals surface area contributed by atoms with Crippen LogP contribution in [0.5, 0.6) is 6.01 Å². The Labute approximate surface area is 114 Å². The topological polar surface area (TPSA) is 72.0 Å². The standard InChI is InChI=1S/C13H23N5O/c1-4-7-14-11-16-12(18-13(17-11)19-3)15-8-9(2)10-5-6-10/h9-10H,4-8H2,1-3H3,(H2,14,15,16,17,18). The zero-order chi connectivity index (χ0) is 13.7. The molecule has 0 radical (unpaired) electrons. The van der Waals surface area contributed by atoms with Crippen LogP contribution in [-0.4, -0.2) is 35.2 Å². The first-order chi connectivity index (χ1) is 9.22. The second-order valence-electron chi connectivity index (χ2n) is 5.09. The molecule has 1 aromatic heterocycles. The third-order valence-electron chi connectivity index (χ3n) is 3.34. The Morgan fingerprint density at radius 2 is 1.89 bits per heavy atom. The molecule has 1 unspecified atom stereocenters. The minimum absolute atomic E-state index is 0.343. The molecule has 19 heavy (non-hydrogen) atoms. The van der Waals surface area contributed by atoms with Crippen LogP contribution < -0.4 is 15.4 Å². The van der Waals surface area contributed by atoms with Gasteiger partial charge in [-0.2, -0.15) is 15.0 Å². The van der Waals surface area contributed by atoms with Crippen molar-refractivity contribution in [3.8, 4) is 6.01 Å². The first-order valence-electron chi connectivity index (χ1n) is 7.00. The van der Waals surface area contributed by atoms with E-state index in [2.05, 4.69) is 39.4 Å². The lowest BCUT2D eigenvalue weighted by Gasteiger charge is -2.12. The van der Waals surface area contributed by atoms with Gasteiger partial charge in [0.15, 0.2) is 0 Å². The summed E-state index contributed by atoms with van der Waals surface area (Å²) in [5.41, 5.74) is 0. The molecule has 0 aliphatic heterocycles. The number of aromatic nitrogens is 3. The Hall–Kier alpha value is -1.59. The fraction of sp³-hybridized carbons (Fsp3) is 0.769. The van der Waals surface area contributed by atoms with Gasteiger partial charge in [-0.3, -0.25) is 0 Å². The van der Waals surface area contributed by atoms with E-state index in [1.807, 2.05) is 0 Å². The number of hydrogen-bond donors (Lipinski definition) is 2. The van der Waals surface area contributed by atoms with Gasteiger partial charge in [0.05, 0.1) is 7.11 Å². The summed E-state index contributed by atoms with van der Waals surface area (Å²) in [7, 11) is 1.57. The lowest BCUT2D eigenvalue weighted by Crippen LogP contribution is -2.16. The summed E-state index contributed by atoms with van der Waals surface area (Å²) >= 11 is 0. The predicted molar refractivity (Wildman–Crippen MR) is 75.5 cm³/mol. The summed E-state index contributed by atoms with van der Waals surface area (Å²) in [6.07, 6.45) is 3.73. The molecule has 0 spiro atoms. The first kappa shape index (κ1) is 13.8. The van der Waals surface area contributed by atoms with Crippen molar-refractivity contribution in [3.05, 3.63) is 0 Å². The third kappa shape index (κ3) is 4.22. The molecular weight excluding hydrogens is 242 g/mol. The summed E-state index contributed by atoms with van der Waals surface area (Å²) in [4.78, 5) is 12.7. The molecule has 6 nitrogen and oxygen atoms in total. The molecule has 2 rings (SSSR count). The summed E-state index contributed by atoms with van der Waals surface area (Å²) in [6.45, 7) is 6.09. The van der Waals surface area contributed by atoms with E-state index in [0.717, 1.165) is 25.4 Å². The van der Waals surface area contributed by atoms with E-state index in [4.69, 9.17) is 4.74 Å². The Morgan fingerprint density at radius 3 is 2.47 bits per heavy atom. The van der Waals surface area contributed by atoms with E-state index in [1.54, 1.807) is 7.11 Å². The zero-order valence-electron chi connectivity index (χ0n) is 11.9. The first-order valence-corrected chi connectivity index (χ1v) is 7.00. The summed E-state index contributed by atoms with van der Waals surface area (Å²) in [5, 5.41) is 6.43. The van der Waals surface area contributed by atoms with Crippen LogP contribution in [0.4, 0.5) is 11.9 Å². The van der Waals surface area contributed by atoms with E-state index in [-0.39, 0.29) is 0 Å². The molecule has 1 saturated carbocycles. The van der Waals surface area contributed by atoms with Gasteiger partial charge in [-0.15, -0.1) is 0 Å². The minimum atomic E-state index is 0.343. The van der Waals surface area contributed by atoms with Crippen LogP contribution in [0, 0.1) is 11.8 Å². The van der Waals surface area contributed by atoms with Crippen LogP contribution >= 0.6 is 0 Å². The van der Waals surface area contributed by atoms with Gasteiger partial charge in [0.25, 0.3) is 0 Å². The lowest BCUT2D eigenvalue weighted by atomic mass is 10.1. The van der Waals surface area contributed by atoms with Crippen LogP contribution in [0.25, 0.3) is 0 Å². The average Bonchev–Trinajstić information content (AvgIpc) is 3.26. The Morgan fingerprint density at radius 1 is 1.21 bits per heavy atom. The van der Waals surface area contributed by atoms with Crippen molar-refractivity contribution >= 4 is 11.9 Å². The van der Waals surface area contributed by atoms with Crippen LogP contribution in [0.2, 0.25) is 0 Å². The Kier molecular flexibility index (Phi) is 4.76. The number of methoxy groups -OCH3 is 1. The second kappa shape index (κ2) is 6.54. The quantitative estimate of drug-likeness (QED) is 0.750. The Balaban J connectivity index is 1.96. The highest BCUT2D eigenvalue weighted by Gasteiger charge is 2.27. The summed E-state index contributed by atoms with van der Waals surface area (Å²) < 4.78 is 5.10. The maximum absolute atomic E-state index is 5.10. The van der Waals surface area contributed by atoms with Gasteiger partial charge in [0.1, 0.15) is 0 Å². The van der Waals surface area contributed by atoms with Gasteiger partial charge in [-0.05, 0) is 31.1 Å². The van der Waals surface area contributed by atoms with Crippen molar-refractivity contribution in [1.29, 1.82) is 0 Å². The molecule has 1 atom stereocenters. The van der Waals surface area contributed by atoms with Gasteiger partial charge in [-0.25, -0.2) is 0 Å². The monoisotopic (exact) mass is 265 g/mol. The smallest absolute Gasteiger partial charge is 0.322 e. The maximum Gasteiger partial charge on any atom is 0.322 e. The fourth-order valence-corrected chi connectivity index (χ4v) is 1.93. The van der Waals surface area contributed by atoms with Gasteiger partial charge in [0, 0.05) is 13.1 Å². The molecule has 0 saturated heterocycles. The predicted octanol–water partition coefficient (Wildman–Crippen LogP) is 2.16. The number of anilines is 2. The number of ether oxygens (including phenoxy) is 1. The van der Waals surface area contributed by atoms with Crippen molar-refractivity contribution in [2.45, 2.75) is 33.1 Å². The number of hydrogen-bond acceptors (Lipinski definition) is 6. The van der Waals surface area contributed by atoms with Crippen molar-refractivity contribution in [2.75, 3.05) is 30.8 Å². The van der Waals surface area contributed by atoms with Gasteiger partial charge >= 0.3 is 6.01 Å². The van der Waals surface area contributed by atoms with E-state index in [9.17, 15) is 0 Å². The molecule has 1 aliphatic carbocycles. The van der Waals surface area contributed by atoms with Crippen LogP contribution in [-0.2, 0) is 0 Å². The number of nitrogens with zero attached hydrogens (tertiary/aromatic N) is 3. The van der Waals surface area contributed by atoms with Crippen LogP contribution in [0.3, 0.4) is 0 Å². The fourth-order valence-electron chi connectivity index (χ4n) is 1.93. The molecule has 1 heterocycles. The molecular formula is C13H23N5O. The van der Waals surface area contributed by atoms with Gasteiger partial charge in [-0.1, -0.05) is 13.8 Å². The minimum Gasteiger partial charge on any atom is -0.467 e. The molecule has 6 heteroatoms. The Bertz CT molecular complexity index is 408. The second-order valence-corrected chi connectivity index (χ2v) is 5.09. The van der Waals surface area contributed by atoms with E-state index >= 15 is 0 Å². The molecule has 106 valence electrons. The van der Waals surface area contributed by atoms with Crippen molar-refractivity contribution in [3.63, 3.8) is 0 Å². The number of rotatable bonds is 8. The SMILES string of the molecule is CCCNc1nc(NCC(C)C2CC2)nc(OC)n1. The molecule has 1 fully saturated rings. The van der Waals surface area contributed by atoms with E-state index < -0.39 is 0 Å². The van der Waals surface area contributed by atoms with Gasteiger partial charge < -0.3 is 15.4 Å². The molecule has 0 bridgehead atoms. The number of nitrogens with one attached hydrogen (secondary N) is 2. The van der Waals surface area contributed by atoms with Crippen LogP contribution in [0.15, 0.2) is 0 Å². The van der Waals surface area contributed by atoms with Crippen LogP contribution in [0.1, 0.15) is 33.1 Å². The van der Waals surface area contributed by atoms with Crippen molar-refractivity contribution in [1.82, 2.24) is 15.0 Å². The van der Waals surface area contributed by atoms with E-state index in [1.165, 1.54) is 12.8 Å². The molecule has 1 aliphatic rings. The van der Waals surface area contributed by atoms with Gasteiger partial charge in [0.2, 0.25) is 11.9 Å². The maximum atomic E-state index is 5.10. The summed E-state index contributed by atoms with van der Waals surface area (Å²) in [5.74, 6) is 2.68. The molecule has 2 N–H and O–H groups in total.